The molecule has 6 nitrogen and oxygen atoms in total. The van der Waals surface area contributed by atoms with Gasteiger partial charge in [-0.25, -0.2) is 18.4 Å². The summed E-state index contributed by atoms with van der Waals surface area (Å²) < 4.78 is 29.4. The summed E-state index contributed by atoms with van der Waals surface area (Å²) in [7, 11) is 0. The lowest BCUT2D eigenvalue weighted by atomic mass is 9.91. The quantitative estimate of drug-likeness (QED) is 0.457. The van der Waals surface area contributed by atoms with E-state index in [9.17, 15) is 18.7 Å². The van der Waals surface area contributed by atoms with Crippen molar-refractivity contribution in [1.82, 2.24) is 15.0 Å². The average molecular weight is 485 g/mol. The summed E-state index contributed by atoms with van der Waals surface area (Å²) in [4.78, 5) is 16.2. The Hall–Kier alpha value is -3.26. The molecule has 3 rings (SSSR count). The molecule has 2 unspecified atom stereocenters. The van der Waals surface area contributed by atoms with Gasteiger partial charge in [0, 0.05) is 13.0 Å². The molecule has 3 aromatic rings. The van der Waals surface area contributed by atoms with Crippen molar-refractivity contribution in [2.24, 2.45) is 5.41 Å². The Morgan fingerprint density at radius 3 is 2.37 bits per heavy atom. The van der Waals surface area contributed by atoms with Gasteiger partial charge in [-0.3, -0.25) is 4.79 Å². The van der Waals surface area contributed by atoms with Crippen LogP contribution in [0.4, 0.5) is 8.78 Å². The normalized spacial score (nSPS) is 13.3. The van der Waals surface area contributed by atoms with Crippen LogP contribution in [-0.4, -0.2) is 39.4 Å². The van der Waals surface area contributed by atoms with E-state index in [0.29, 0.717) is 12.1 Å². The number of nitrogens with zero attached hydrogens (tertiary/aromatic N) is 3. The van der Waals surface area contributed by atoms with Crippen LogP contribution in [0.25, 0.3) is 0 Å². The Morgan fingerprint density at radius 2 is 1.77 bits per heavy atom. The zero-order valence-corrected chi connectivity index (χ0v) is 20.7. The Labute approximate surface area is 205 Å². The second kappa shape index (κ2) is 11.4. The predicted octanol–water partition coefficient (Wildman–Crippen LogP) is 4.00. The van der Waals surface area contributed by atoms with Crippen molar-refractivity contribution < 1.29 is 18.7 Å². The van der Waals surface area contributed by atoms with Gasteiger partial charge < -0.3 is 15.4 Å². The molecule has 1 amide bonds. The highest BCUT2D eigenvalue weighted by Crippen LogP contribution is 2.21. The molecule has 0 spiro atoms. The highest BCUT2D eigenvalue weighted by Gasteiger charge is 2.26. The molecule has 188 valence electrons. The summed E-state index contributed by atoms with van der Waals surface area (Å²) in [5, 5.41) is 16.0. The lowest BCUT2D eigenvalue weighted by Crippen LogP contribution is -2.51. The highest BCUT2D eigenvalue weighted by atomic mass is 19.1. The third-order valence-corrected chi connectivity index (χ3v) is 5.55. The molecule has 8 heteroatoms. The number of rotatable bonds is 10. The van der Waals surface area contributed by atoms with Gasteiger partial charge >= 0.3 is 0 Å². The van der Waals surface area contributed by atoms with Crippen molar-refractivity contribution in [3.63, 3.8) is 0 Å². The van der Waals surface area contributed by atoms with E-state index in [1.54, 1.807) is 6.33 Å². The summed E-state index contributed by atoms with van der Waals surface area (Å²) >= 11 is 0. The number of benzene rings is 2. The van der Waals surface area contributed by atoms with Gasteiger partial charge in [0.05, 0.1) is 37.1 Å². The zero-order valence-electron chi connectivity index (χ0n) is 20.7. The van der Waals surface area contributed by atoms with Crippen LogP contribution < -0.4 is 10.3 Å². The van der Waals surface area contributed by atoms with Crippen LogP contribution in [0.15, 0.2) is 61.1 Å². The Kier molecular flexibility index (Phi) is 8.62. The van der Waals surface area contributed by atoms with Crippen LogP contribution in [0, 0.1) is 17.0 Å². The number of nitrogens with one attached hydrogen (secondary N) is 1. The lowest BCUT2D eigenvalue weighted by molar-refractivity contribution is -0.120. The SMILES string of the molecule is CC(=O)NC(Cc1cc(F)cc(F)c1)C(O)CN(Cc1ccccc1)n1cncc1CC(C)(C)C. The smallest absolute Gasteiger partial charge is 0.217 e. The van der Waals surface area contributed by atoms with Crippen molar-refractivity contribution in [2.75, 3.05) is 11.6 Å². The number of imidazole rings is 1. The van der Waals surface area contributed by atoms with Gasteiger partial charge in [0.1, 0.15) is 18.0 Å². The maximum Gasteiger partial charge on any atom is 0.217 e. The Balaban J connectivity index is 1.89. The molecule has 2 N–H and O–H groups in total. The predicted molar refractivity (Wildman–Crippen MR) is 132 cm³/mol. The fourth-order valence-corrected chi connectivity index (χ4v) is 4.13. The van der Waals surface area contributed by atoms with E-state index in [4.69, 9.17) is 0 Å². The van der Waals surface area contributed by atoms with E-state index >= 15 is 0 Å². The number of carbonyl (C=O) groups is 1. The second-order valence-corrected chi connectivity index (χ2v) is 10.2. The first kappa shape index (κ1) is 26.3. The van der Waals surface area contributed by atoms with Gasteiger partial charge in [-0.05, 0) is 41.5 Å². The van der Waals surface area contributed by atoms with Gasteiger partial charge in [0.25, 0.3) is 0 Å². The molecule has 1 aromatic heterocycles. The molecule has 2 atom stereocenters. The molecule has 1 heterocycles. The maximum absolute atomic E-state index is 13.8. The van der Waals surface area contributed by atoms with Crippen LogP contribution in [-0.2, 0) is 24.2 Å². The molecule has 0 aliphatic rings. The van der Waals surface area contributed by atoms with Gasteiger partial charge in [-0.15, -0.1) is 0 Å². The molecule has 0 fully saturated rings. The molecule has 35 heavy (non-hydrogen) atoms. The van der Waals surface area contributed by atoms with Gasteiger partial charge in [-0.2, -0.15) is 0 Å². The standard InChI is InChI=1S/C27H34F2N4O2/c1-19(34)31-25(12-21-10-22(28)13-23(29)11-21)26(35)17-32(16-20-8-6-5-7-9-20)33-18-30-15-24(33)14-27(2,3)4/h5-11,13,15,18,25-26,35H,12,14,16-17H2,1-4H3,(H,31,34). The molecular weight excluding hydrogens is 450 g/mol. The number of aliphatic hydroxyl groups excluding tert-OH is 1. The number of amides is 1. The highest BCUT2D eigenvalue weighted by molar-refractivity contribution is 5.73. The van der Waals surface area contributed by atoms with Crippen LogP contribution in [0.1, 0.15) is 44.5 Å². The summed E-state index contributed by atoms with van der Waals surface area (Å²) in [6.45, 7) is 8.44. The van der Waals surface area contributed by atoms with E-state index in [1.807, 2.05) is 46.2 Å². The Bertz CT molecular complexity index is 1090. The number of halogens is 2. The van der Waals surface area contributed by atoms with E-state index < -0.39 is 23.8 Å². The average Bonchev–Trinajstić information content (AvgIpc) is 3.18. The van der Waals surface area contributed by atoms with Crippen molar-refractivity contribution in [2.45, 2.75) is 59.2 Å². The first-order chi connectivity index (χ1) is 16.5. The largest absolute Gasteiger partial charge is 0.389 e. The fraction of sp³-hybridized carbons (Fsp3) is 0.407. The molecule has 0 radical (unpaired) electrons. The first-order valence-electron chi connectivity index (χ1n) is 11.7. The van der Waals surface area contributed by atoms with Gasteiger partial charge in [-0.1, -0.05) is 51.1 Å². The number of hydrogen-bond acceptors (Lipinski definition) is 4. The number of aliphatic hydroxyl groups is 1. The molecule has 0 bridgehead atoms. The summed E-state index contributed by atoms with van der Waals surface area (Å²) in [5.74, 6) is -1.74. The van der Waals surface area contributed by atoms with E-state index in [-0.39, 0.29) is 24.3 Å². The van der Waals surface area contributed by atoms with E-state index in [1.165, 1.54) is 19.1 Å². The molecule has 0 saturated carbocycles. The number of hydrogen-bond donors (Lipinski definition) is 2. The van der Waals surface area contributed by atoms with E-state index in [2.05, 4.69) is 31.1 Å². The summed E-state index contributed by atoms with van der Waals surface area (Å²) in [6, 6.07) is 12.3. The van der Waals surface area contributed by atoms with Crippen molar-refractivity contribution in [3.05, 3.63) is 89.5 Å². The monoisotopic (exact) mass is 484 g/mol. The zero-order chi connectivity index (χ0) is 25.6. The van der Waals surface area contributed by atoms with Gasteiger partial charge in [0.15, 0.2) is 0 Å². The third-order valence-electron chi connectivity index (χ3n) is 5.55. The topological polar surface area (TPSA) is 70.4 Å². The summed E-state index contributed by atoms with van der Waals surface area (Å²) in [5.41, 5.74) is 2.41. The van der Waals surface area contributed by atoms with Crippen molar-refractivity contribution in [1.29, 1.82) is 0 Å². The maximum atomic E-state index is 13.8. The minimum atomic E-state index is -1.03. The third kappa shape index (κ3) is 8.17. The van der Waals surface area contributed by atoms with E-state index in [0.717, 1.165) is 23.7 Å². The minimum absolute atomic E-state index is 0.0228. The van der Waals surface area contributed by atoms with Crippen LogP contribution in [0.2, 0.25) is 0 Å². The fourth-order valence-electron chi connectivity index (χ4n) is 4.13. The second-order valence-electron chi connectivity index (χ2n) is 10.2. The molecule has 0 aliphatic heterocycles. The molecule has 2 aromatic carbocycles. The lowest BCUT2D eigenvalue weighted by Gasteiger charge is -2.33. The minimum Gasteiger partial charge on any atom is -0.389 e. The van der Waals surface area contributed by atoms with Crippen molar-refractivity contribution in [3.8, 4) is 0 Å². The number of aromatic nitrogens is 2. The molecular formula is C27H34F2N4O2. The van der Waals surface area contributed by atoms with Crippen LogP contribution >= 0.6 is 0 Å². The van der Waals surface area contributed by atoms with Crippen LogP contribution in [0.3, 0.4) is 0 Å². The van der Waals surface area contributed by atoms with Gasteiger partial charge in [0.2, 0.25) is 5.91 Å². The summed E-state index contributed by atoms with van der Waals surface area (Å²) in [6.07, 6.45) is 3.35. The Morgan fingerprint density at radius 1 is 1.11 bits per heavy atom. The van der Waals surface area contributed by atoms with Crippen molar-refractivity contribution >= 4 is 5.91 Å². The molecule has 0 aliphatic carbocycles. The number of carbonyl (C=O) groups excluding carboxylic acids is 1. The molecule has 0 saturated heterocycles. The first-order valence-corrected chi connectivity index (χ1v) is 11.7. The van der Waals surface area contributed by atoms with Crippen LogP contribution in [0.5, 0.6) is 0 Å².